The van der Waals surface area contributed by atoms with Crippen LogP contribution < -0.4 is 5.19 Å². The Morgan fingerprint density at radius 2 is 1.84 bits per heavy atom. The minimum absolute atomic E-state index is 1.19. The van der Waals surface area contributed by atoms with Gasteiger partial charge in [0.1, 0.15) is 8.07 Å². The molecule has 1 heteroatoms. The van der Waals surface area contributed by atoms with Gasteiger partial charge in [0.05, 0.1) is 0 Å². The smallest absolute Gasteiger partial charge is 0.0806 e. The first kappa shape index (κ1) is 14.3. The maximum absolute atomic E-state index is 2.58. The highest BCUT2D eigenvalue weighted by atomic mass is 28.3. The van der Waals surface area contributed by atoms with Gasteiger partial charge in [-0.25, -0.2) is 0 Å². The second-order valence-electron chi connectivity index (χ2n) is 5.77. The number of allylic oxidation sites excluding steroid dienone is 4. The molecule has 102 valence electrons. The molecule has 0 aromatic heterocycles. The molecule has 0 fully saturated rings. The molecular formula is C18H26Si. The first-order valence-corrected chi connectivity index (χ1v) is 10.4. The monoisotopic (exact) mass is 270 g/mol. The largest absolute Gasteiger partial charge is 0.111 e. The Labute approximate surface area is 119 Å². The molecule has 1 aliphatic carbocycles. The van der Waals surface area contributed by atoms with Crippen molar-refractivity contribution >= 4 is 13.3 Å². The van der Waals surface area contributed by atoms with Gasteiger partial charge in [0, 0.05) is 0 Å². The van der Waals surface area contributed by atoms with Crippen molar-refractivity contribution in [3.8, 4) is 0 Å². The van der Waals surface area contributed by atoms with Crippen molar-refractivity contribution in [3.05, 3.63) is 53.3 Å². The Morgan fingerprint density at radius 3 is 2.47 bits per heavy atom. The third kappa shape index (κ3) is 2.92. The lowest BCUT2D eigenvalue weighted by atomic mass is 10.2. The SMILES string of the molecule is CCCC[Si](C)(C1=C(CC)C=CC1)c1ccccc1. The van der Waals surface area contributed by atoms with Gasteiger partial charge in [-0.05, 0) is 18.9 Å². The molecule has 1 atom stereocenters. The van der Waals surface area contributed by atoms with E-state index in [1.54, 1.807) is 16.0 Å². The van der Waals surface area contributed by atoms with Crippen molar-refractivity contribution in [1.29, 1.82) is 0 Å². The van der Waals surface area contributed by atoms with E-state index in [0.29, 0.717) is 0 Å². The lowest BCUT2D eigenvalue weighted by Crippen LogP contribution is -2.47. The van der Waals surface area contributed by atoms with E-state index in [4.69, 9.17) is 0 Å². The van der Waals surface area contributed by atoms with E-state index < -0.39 is 8.07 Å². The average molecular weight is 270 g/mol. The first-order valence-electron chi connectivity index (χ1n) is 7.67. The Bertz CT molecular complexity index is 470. The summed E-state index contributed by atoms with van der Waals surface area (Å²) in [7, 11) is -1.48. The number of hydrogen-bond acceptors (Lipinski definition) is 0. The van der Waals surface area contributed by atoms with Crippen LogP contribution in [0.15, 0.2) is 53.3 Å². The zero-order chi connectivity index (χ0) is 13.7. The third-order valence-electron chi connectivity index (χ3n) is 4.52. The van der Waals surface area contributed by atoms with Crippen LogP contribution in [-0.2, 0) is 0 Å². The summed E-state index contributed by atoms with van der Waals surface area (Å²) in [6, 6.07) is 12.7. The molecule has 2 rings (SSSR count). The summed E-state index contributed by atoms with van der Waals surface area (Å²) >= 11 is 0. The third-order valence-corrected chi connectivity index (χ3v) is 9.34. The summed E-state index contributed by atoms with van der Waals surface area (Å²) in [4.78, 5) is 0. The van der Waals surface area contributed by atoms with Gasteiger partial charge in [0.2, 0.25) is 0 Å². The fraction of sp³-hybridized carbons (Fsp3) is 0.444. The first-order chi connectivity index (χ1) is 9.22. The van der Waals surface area contributed by atoms with Gasteiger partial charge in [-0.2, -0.15) is 0 Å². The minimum Gasteiger partial charge on any atom is -0.0806 e. The fourth-order valence-corrected chi connectivity index (χ4v) is 7.73. The van der Waals surface area contributed by atoms with Gasteiger partial charge in [-0.15, -0.1) is 0 Å². The molecule has 0 spiro atoms. The van der Waals surface area contributed by atoms with Crippen LogP contribution >= 0.6 is 0 Å². The van der Waals surface area contributed by atoms with E-state index in [9.17, 15) is 0 Å². The van der Waals surface area contributed by atoms with Crippen molar-refractivity contribution < 1.29 is 0 Å². The highest BCUT2D eigenvalue weighted by Crippen LogP contribution is 2.33. The van der Waals surface area contributed by atoms with Crippen molar-refractivity contribution in [2.24, 2.45) is 0 Å². The molecule has 0 N–H and O–H groups in total. The summed E-state index contributed by atoms with van der Waals surface area (Å²) in [6.07, 6.45) is 9.79. The van der Waals surface area contributed by atoms with E-state index in [-0.39, 0.29) is 0 Å². The normalized spacial score (nSPS) is 17.8. The number of rotatable bonds is 6. The molecular weight excluding hydrogens is 244 g/mol. The maximum Gasteiger partial charge on any atom is 0.111 e. The van der Waals surface area contributed by atoms with Crippen molar-refractivity contribution in [2.45, 2.75) is 52.1 Å². The lowest BCUT2D eigenvalue weighted by Gasteiger charge is -2.31. The fourth-order valence-electron chi connectivity index (χ4n) is 3.27. The summed E-state index contributed by atoms with van der Waals surface area (Å²) in [5, 5.41) is 3.41. The molecule has 1 aromatic carbocycles. The zero-order valence-electron chi connectivity index (χ0n) is 12.6. The molecule has 0 bridgehead atoms. The van der Waals surface area contributed by atoms with Gasteiger partial charge in [-0.3, -0.25) is 0 Å². The Morgan fingerprint density at radius 1 is 1.11 bits per heavy atom. The Hall–Kier alpha value is -1.08. The molecule has 0 saturated carbocycles. The highest BCUT2D eigenvalue weighted by Gasteiger charge is 2.34. The van der Waals surface area contributed by atoms with Crippen LogP contribution in [0.1, 0.15) is 39.5 Å². The summed E-state index contributed by atoms with van der Waals surface area (Å²) in [5.74, 6) is 0. The lowest BCUT2D eigenvalue weighted by molar-refractivity contribution is 0.869. The quantitative estimate of drug-likeness (QED) is 0.640. The molecule has 0 amide bonds. The van der Waals surface area contributed by atoms with Crippen molar-refractivity contribution in [1.82, 2.24) is 0 Å². The van der Waals surface area contributed by atoms with Crippen LogP contribution in [0.2, 0.25) is 12.6 Å². The van der Waals surface area contributed by atoms with Gasteiger partial charge in [0.15, 0.2) is 0 Å². The van der Waals surface area contributed by atoms with Crippen LogP contribution in [0.25, 0.3) is 0 Å². The number of unbranched alkanes of at least 4 members (excludes halogenated alkanes) is 1. The van der Waals surface area contributed by atoms with Crippen LogP contribution in [0.3, 0.4) is 0 Å². The van der Waals surface area contributed by atoms with Gasteiger partial charge < -0.3 is 0 Å². The number of hydrogen-bond donors (Lipinski definition) is 0. The van der Waals surface area contributed by atoms with Crippen LogP contribution in [0.4, 0.5) is 0 Å². The summed E-state index contributed by atoms with van der Waals surface area (Å²) < 4.78 is 0. The average Bonchev–Trinajstić information content (AvgIpc) is 2.95. The zero-order valence-corrected chi connectivity index (χ0v) is 13.6. The molecule has 0 nitrogen and oxygen atoms in total. The van der Waals surface area contributed by atoms with E-state index in [1.807, 2.05) is 0 Å². The number of benzene rings is 1. The van der Waals surface area contributed by atoms with Crippen LogP contribution in [0.5, 0.6) is 0 Å². The standard InChI is InChI=1S/C18H26Si/c1-4-6-15-19(3,17-12-8-7-9-13-17)18-14-10-11-16(18)5-2/h7-13H,4-6,14-15H2,1-3H3. The molecule has 1 aromatic rings. The second kappa shape index (κ2) is 6.38. The van der Waals surface area contributed by atoms with Crippen molar-refractivity contribution in [3.63, 3.8) is 0 Å². The van der Waals surface area contributed by atoms with Gasteiger partial charge in [-0.1, -0.05) is 91.7 Å². The molecule has 0 radical (unpaired) electrons. The van der Waals surface area contributed by atoms with E-state index in [1.165, 1.54) is 31.7 Å². The van der Waals surface area contributed by atoms with Crippen LogP contribution in [0, 0.1) is 0 Å². The Balaban J connectivity index is 2.41. The van der Waals surface area contributed by atoms with Gasteiger partial charge in [0.25, 0.3) is 0 Å². The summed E-state index contributed by atoms with van der Waals surface area (Å²) in [6.45, 7) is 7.18. The molecule has 0 aliphatic heterocycles. The van der Waals surface area contributed by atoms with E-state index in [0.717, 1.165) is 0 Å². The van der Waals surface area contributed by atoms with E-state index in [2.05, 4.69) is 62.9 Å². The maximum atomic E-state index is 2.58. The van der Waals surface area contributed by atoms with Gasteiger partial charge >= 0.3 is 0 Å². The topological polar surface area (TPSA) is 0 Å². The predicted molar refractivity (Wildman–Crippen MR) is 88.5 cm³/mol. The molecule has 19 heavy (non-hydrogen) atoms. The molecule has 1 aliphatic rings. The van der Waals surface area contributed by atoms with Crippen LogP contribution in [-0.4, -0.2) is 8.07 Å². The summed E-state index contributed by atoms with van der Waals surface area (Å²) in [5.41, 5.74) is 1.62. The highest BCUT2D eigenvalue weighted by molar-refractivity contribution is 6.96. The van der Waals surface area contributed by atoms with Crippen molar-refractivity contribution in [2.75, 3.05) is 0 Å². The second-order valence-corrected chi connectivity index (χ2v) is 10.1. The predicted octanol–water partition coefficient (Wildman–Crippen LogP) is 4.98. The molecule has 1 unspecified atom stereocenters. The molecule has 0 heterocycles. The minimum atomic E-state index is -1.48. The Kier molecular flexibility index (Phi) is 4.81. The molecule has 0 saturated heterocycles. The van der Waals surface area contributed by atoms with E-state index >= 15 is 0 Å².